The van der Waals surface area contributed by atoms with E-state index in [0.29, 0.717) is 11.3 Å². The van der Waals surface area contributed by atoms with Crippen LogP contribution < -0.4 is 15.6 Å². The van der Waals surface area contributed by atoms with Crippen molar-refractivity contribution in [2.75, 3.05) is 11.5 Å². The summed E-state index contributed by atoms with van der Waals surface area (Å²) in [5, 5.41) is 27.3. The second-order valence-electron chi connectivity index (χ2n) is 7.89. The Kier molecular flexibility index (Phi) is 7.94. The van der Waals surface area contributed by atoms with Gasteiger partial charge in [0.2, 0.25) is 6.54 Å². The zero-order valence-corrected chi connectivity index (χ0v) is 21.7. The summed E-state index contributed by atoms with van der Waals surface area (Å²) in [4.78, 5) is 54.7. The summed E-state index contributed by atoms with van der Waals surface area (Å²) < 4.78 is 1.76. The Morgan fingerprint density at radius 3 is 2.70 bits per heavy atom. The van der Waals surface area contributed by atoms with E-state index in [4.69, 9.17) is 5.73 Å². The van der Waals surface area contributed by atoms with Crippen molar-refractivity contribution in [2.45, 2.75) is 29.8 Å². The van der Waals surface area contributed by atoms with Gasteiger partial charge in [-0.3, -0.25) is 19.3 Å². The van der Waals surface area contributed by atoms with E-state index in [1.807, 2.05) is 12.1 Å². The summed E-state index contributed by atoms with van der Waals surface area (Å²) in [6.45, 7) is 1.80. The summed E-state index contributed by atoms with van der Waals surface area (Å²) in [5.74, 6) is -2.33. The highest BCUT2D eigenvalue weighted by Crippen LogP contribution is 2.41. The first-order chi connectivity index (χ1) is 17.7. The highest BCUT2D eigenvalue weighted by atomic mass is 32.2. The number of hydrogen-bond acceptors (Lipinski definition) is 11. The highest BCUT2D eigenvalue weighted by Gasteiger charge is 2.54. The molecular formula is C22H21N6O6S3+. The molecule has 12 nitrogen and oxygen atoms in total. The van der Waals surface area contributed by atoms with Crippen molar-refractivity contribution in [3.63, 3.8) is 0 Å². The van der Waals surface area contributed by atoms with Gasteiger partial charge in [0.25, 0.3) is 11.8 Å². The number of rotatable bonds is 9. The molecule has 0 aliphatic carbocycles. The molecule has 4 heterocycles. The van der Waals surface area contributed by atoms with Crippen LogP contribution in [-0.2, 0) is 25.7 Å². The SMILES string of the molecule is CC(=O)C[n+]1ccc(S/C=C/C2=C(C(=O)O)N3C(=O)[C@@H](NC(=O)/C(=N/O)c4csc(N)n4)[C@H]3SC2)cc1. The number of amides is 2. The number of nitrogens with zero attached hydrogens (tertiary/aromatic N) is 4. The fourth-order valence-electron chi connectivity index (χ4n) is 3.67. The first-order valence-corrected chi connectivity index (χ1v) is 13.5. The van der Waals surface area contributed by atoms with Crippen molar-refractivity contribution in [3.8, 4) is 0 Å². The molecule has 2 aromatic rings. The molecule has 4 rings (SSSR count). The van der Waals surface area contributed by atoms with Crippen molar-refractivity contribution < 1.29 is 34.1 Å². The number of aliphatic carboxylic acids is 1. The average molecular weight is 562 g/mol. The van der Waals surface area contributed by atoms with Crippen LogP contribution in [0.1, 0.15) is 12.6 Å². The van der Waals surface area contributed by atoms with Gasteiger partial charge in [-0.15, -0.1) is 23.1 Å². The van der Waals surface area contributed by atoms with Crippen LogP contribution in [0.25, 0.3) is 0 Å². The number of β-lactam (4-membered cyclic amide) rings is 1. The number of aromatic nitrogens is 2. The molecule has 0 saturated carbocycles. The maximum absolute atomic E-state index is 12.9. The number of oxime groups is 1. The van der Waals surface area contributed by atoms with E-state index in [1.54, 1.807) is 28.4 Å². The number of carbonyl (C=O) groups is 4. The quantitative estimate of drug-likeness (QED) is 0.0855. The van der Waals surface area contributed by atoms with Gasteiger partial charge >= 0.3 is 5.97 Å². The highest BCUT2D eigenvalue weighted by molar-refractivity contribution is 8.02. The molecule has 0 bridgehead atoms. The van der Waals surface area contributed by atoms with Crippen LogP contribution in [-0.4, -0.2) is 66.6 Å². The Labute approximate surface area is 222 Å². The number of hydrogen-bond donors (Lipinski definition) is 4. The minimum atomic E-state index is -1.26. The average Bonchev–Trinajstić information content (AvgIpc) is 3.28. The molecule has 0 radical (unpaired) electrons. The molecule has 5 N–H and O–H groups in total. The summed E-state index contributed by atoms with van der Waals surface area (Å²) in [6, 6.07) is 2.68. The lowest BCUT2D eigenvalue weighted by atomic mass is 10.0. The number of anilines is 1. The van der Waals surface area contributed by atoms with Gasteiger partial charge in [-0.1, -0.05) is 16.9 Å². The minimum Gasteiger partial charge on any atom is -0.477 e. The van der Waals surface area contributed by atoms with Crippen molar-refractivity contribution in [1.82, 2.24) is 15.2 Å². The van der Waals surface area contributed by atoms with E-state index in [-0.39, 0.29) is 28.9 Å². The van der Waals surface area contributed by atoms with Gasteiger partial charge in [0.1, 0.15) is 22.8 Å². The van der Waals surface area contributed by atoms with Gasteiger partial charge in [-0.2, -0.15) is 4.57 Å². The van der Waals surface area contributed by atoms with E-state index in [2.05, 4.69) is 15.5 Å². The van der Waals surface area contributed by atoms with Gasteiger partial charge in [-0.05, 0) is 17.1 Å². The second-order valence-corrected chi connectivity index (χ2v) is 10.9. The van der Waals surface area contributed by atoms with Crippen LogP contribution in [0.15, 0.2) is 62.7 Å². The van der Waals surface area contributed by atoms with Crippen LogP contribution in [0.2, 0.25) is 0 Å². The molecule has 192 valence electrons. The molecule has 2 aliphatic rings. The topological polar surface area (TPSA) is 179 Å². The summed E-state index contributed by atoms with van der Waals surface area (Å²) in [5.41, 5.74) is 5.53. The molecule has 37 heavy (non-hydrogen) atoms. The number of carboxylic acid groups (broad SMARTS) is 1. The van der Waals surface area contributed by atoms with Crippen LogP contribution in [0.5, 0.6) is 0 Å². The smallest absolute Gasteiger partial charge is 0.352 e. The number of nitrogens with two attached hydrogens (primary N) is 1. The molecule has 15 heteroatoms. The monoisotopic (exact) mass is 561 g/mol. The third-order valence-corrected chi connectivity index (χ3v) is 8.10. The lowest BCUT2D eigenvalue weighted by Gasteiger charge is -2.49. The van der Waals surface area contributed by atoms with Crippen LogP contribution in [0.3, 0.4) is 0 Å². The first-order valence-electron chi connectivity index (χ1n) is 10.7. The molecule has 2 atom stereocenters. The lowest BCUT2D eigenvalue weighted by Crippen LogP contribution is -2.71. The van der Waals surface area contributed by atoms with Gasteiger partial charge in [0.15, 0.2) is 29.0 Å². The molecule has 2 amide bonds. The Balaban J connectivity index is 1.44. The lowest BCUT2D eigenvalue weighted by molar-refractivity contribution is -0.684. The number of ketones is 1. The van der Waals surface area contributed by atoms with Gasteiger partial charge in [-0.25, -0.2) is 9.78 Å². The van der Waals surface area contributed by atoms with Crippen molar-refractivity contribution in [3.05, 3.63) is 58.4 Å². The number of fused-ring (bicyclic) bond motifs is 1. The largest absolute Gasteiger partial charge is 0.477 e. The number of pyridine rings is 1. The Morgan fingerprint density at radius 2 is 2.11 bits per heavy atom. The number of thiazole rings is 1. The van der Waals surface area contributed by atoms with E-state index < -0.39 is 34.9 Å². The van der Waals surface area contributed by atoms with E-state index in [0.717, 1.165) is 21.1 Å². The summed E-state index contributed by atoms with van der Waals surface area (Å²) in [7, 11) is 0. The Morgan fingerprint density at radius 1 is 1.38 bits per heavy atom. The normalized spacial score (nSPS) is 19.5. The minimum absolute atomic E-state index is 0.0421. The van der Waals surface area contributed by atoms with Crippen LogP contribution >= 0.6 is 34.9 Å². The summed E-state index contributed by atoms with van der Waals surface area (Å²) in [6.07, 6.45) is 5.21. The van der Waals surface area contributed by atoms with Crippen molar-refractivity contribution in [2.24, 2.45) is 5.16 Å². The standard InChI is InChI=1S/C22H20N6O6S3/c1-11(29)8-27-5-2-13(3-6-27)35-7-4-12-9-36-20-16(19(31)28(20)17(12)21(32)33)25-18(30)15(26-34)14-10-37-22(23)24-14/h2-7,10,16,20H,8-9H2,1H3,(H4-,23,24,25,30,32,33,34)/p+1/b7-4+/t16-,20-/m1/s1. The summed E-state index contributed by atoms with van der Waals surface area (Å²) >= 11 is 3.73. The number of nitrogen functional groups attached to an aromatic ring is 1. The molecule has 0 aromatic carbocycles. The number of thioether (sulfide) groups is 2. The van der Waals surface area contributed by atoms with Crippen LogP contribution in [0, 0.1) is 0 Å². The van der Waals surface area contributed by atoms with Gasteiger partial charge < -0.3 is 21.4 Å². The molecular weight excluding hydrogens is 540 g/mol. The molecule has 2 aliphatic heterocycles. The number of nitrogens with one attached hydrogen (secondary N) is 1. The number of carbonyl (C=O) groups excluding carboxylic acids is 3. The number of carboxylic acids is 1. The molecule has 1 saturated heterocycles. The number of Topliss-reactive ketones (excluding diaryl/α,β-unsaturated/α-hetero) is 1. The van der Waals surface area contributed by atoms with Crippen LogP contribution in [0.4, 0.5) is 5.13 Å². The number of allylic oxidation sites excluding steroid dienone is 1. The second kappa shape index (κ2) is 11.1. The van der Waals surface area contributed by atoms with Gasteiger partial charge in [0, 0.05) is 35.1 Å². The Hall–Kier alpha value is -3.69. The molecule has 0 spiro atoms. The zero-order chi connectivity index (χ0) is 26.7. The fourth-order valence-corrected chi connectivity index (χ4v) is 6.20. The van der Waals surface area contributed by atoms with Crippen molar-refractivity contribution >= 4 is 69.3 Å². The molecule has 2 aromatic heterocycles. The zero-order valence-electron chi connectivity index (χ0n) is 19.2. The van der Waals surface area contributed by atoms with Crippen molar-refractivity contribution in [1.29, 1.82) is 0 Å². The molecule has 1 fully saturated rings. The van der Waals surface area contributed by atoms with Gasteiger partial charge in [0.05, 0.1) is 0 Å². The van der Waals surface area contributed by atoms with E-state index >= 15 is 0 Å². The third kappa shape index (κ3) is 5.68. The predicted octanol–water partition coefficient (Wildman–Crippen LogP) is 0.825. The van der Waals surface area contributed by atoms with E-state index in [1.165, 1.54) is 35.8 Å². The predicted molar refractivity (Wildman–Crippen MR) is 137 cm³/mol. The van der Waals surface area contributed by atoms with E-state index in [9.17, 15) is 29.5 Å². The third-order valence-electron chi connectivity index (χ3n) is 5.31. The maximum Gasteiger partial charge on any atom is 0.352 e. The first kappa shape index (κ1) is 26.4. The Bertz CT molecular complexity index is 1350. The fraction of sp³-hybridized carbons (Fsp3) is 0.227. The maximum atomic E-state index is 12.9. The molecule has 0 unspecified atom stereocenters.